The maximum absolute atomic E-state index is 2.12. The normalized spacial score (nSPS) is 7.33. The predicted molar refractivity (Wildman–Crippen MR) is 39.6 cm³/mol. The van der Waals surface area contributed by atoms with E-state index in [4.69, 9.17) is 0 Å². The fourth-order valence-corrected chi connectivity index (χ4v) is 0.183. The minimum absolute atomic E-state index is 0. The third-order valence-corrected chi connectivity index (χ3v) is 0.940. The molecule has 0 aliphatic rings. The molecule has 0 atom stereocenters. The van der Waals surface area contributed by atoms with Crippen LogP contribution >= 0.6 is 0 Å². The Morgan fingerprint density at radius 3 is 1.67 bits per heavy atom. The van der Waals surface area contributed by atoms with E-state index in [1.165, 1.54) is 0 Å². The second-order valence-corrected chi connectivity index (χ2v) is 1.33. The zero-order chi connectivity index (χ0) is 6.99. The quantitative estimate of drug-likeness (QED) is 0.624. The molecule has 0 rings (SSSR count). The summed E-state index contributed by atoms with van der Waals surface area (Å²) < 4.78 is 0. The molecule has 0 amide bonds. The van der Waals surface area contributed by atoms with Crippen molar-refractivity contribution < 1.29 is 32.7 Å². The summed E-state index contributed by atoms with van der Waals surface area (Å²) in [6.07, 6.45) is 0. The Morgan fingerprint density at radius 1 is 1.33 bits per heavy atom. The van der Waals surface area contributed by atoms with E-state index in [2.05, 4.69) is 25.4 Å². The molecule has 0 spiro atoms. The Balaban J connectivity index is -0.000000109. The molecule has 0 saturated heterocycles. The molecule has 0 saturated carbocycles. The van der Waals surface area contributed by atoms with Gasteiger partial charge in [0.2, 0.25) is 0 Å². The summed E-state index contributed by atoms with van der Waals surface area (Å²) in [7, 11) is 2.06. The van der Waals surface area contributed by atoms with Crippen LogP contribution < -0.4 is 0 Å². The van der Waals surface area contributed by atoms with E-state index in [-0.39, 0.29) is 32.7 Å². The van der Waals surface area contributed by atoms with E-state index in [1.807, 2.05) is 20.8 Å². The molecule has 55 valence electrons. The van der Waals surface area contributed by atoms with Gasteiger partial charge < -0.3 is 4.90 Å². The second kappa shape index (κ2) is 16.0. The molecule has 0 bridgehead atoms. The molecule has 1 radical (unpaired) electrons. The van der Waals surface area contributed by atoms with Crippen molar-refractivity contribution in [2.45, 2.75) is 27.7 Å². The number of rotatable bonds is 2. The first-order valence-corrected chi connectivity index (χ1v) is 3.31. The van der Waals surface area contributed by atoms with Gasteiger partial charge in [-0.3, -0.25) is 6.54 Å². The zero-order valence-electron chi connectivity index (χ0n) is 7.31. The van der Waals surface area contributed by atoms with Crippen molar-refractivity contribution >= 4 is 0 Å². The van der Waals surface area contributed by atoms with Gasteiger partial charge in [0.25, 0.3) is 0 Å². The molecule has 0 aromatic heterocycles. The SMILES string of the molecule is CC.C[CH-]N(C)CC.[Y]. The Bertz CT molecular complexity index is 28.1. The van der Waals surface area contributed by atoms with E-state index in [1.54, 1.807) is 0 Å². The van der Waals surface area contributed by atoms with Gasteiger partial charge in [0.1, 0.15) is 0 Å². The van der Waals surface area contributed by atoms with Gasteiger partial charge in [-0.25, -0.2) is 0 Å². The van der Waals surface area contributed by atoms with Crippen LogP contribution in [-0.2, 0) is 32.7 Å². The fraction of sp³-hybridized carbons (Fsp3) is 0.857. The molecule has 0 aromatic rings. The summed E-state index contributed by atoms with van der Waals surface area (Å²) in [5.41, 5.74) is 0. The van der Waals surface area contributed by atoms with Crippen molar-refractivity contribution in [2.75, 3.05) is 13.6 Å². The van der Waals surface area contributed by atoms with Crippen molar-refractivity contribution in [3.8, 4) is 0 Å². The largest absolute Gasteiger partial charge is 0.459 e. The maximum Gasteiger partial charge on any atom is 0 e. The summed E-state index contributed by atoms with van der Waals surface area (Å²) in [5, 5.41) is 0. The number of nitrogens with zero attached hydrogens (tertiary/aromatic N) is 1. The van der Waals surface area contributed by atoms with Crippen LogP contribution in [0.2, 0.25) is 0 Å². The molecule has 0 heterocycles. The minimum atomic E-state index is 0. The molecular weight excluding hydrogens is 187 g/mol. The summed E-state index contributed by atoms with van der Waals surface area (Å²) in [5.74, 6) is 0. The second-order valence-electron chi connectivity index (χ2n) is 1.33. The molecule has 0 N–H and O–H groups in total. The molecule has 0 unspecified atom stereocenters. The Morgan fingerprint density at radius 2 is 1.67 bits per heavy atom. The average molecular weight is 205 g/mol. The molecule has 9 heavy (non-hydrogen) atoms. The first kappa shape index (κ1) is 16.6. The van der Waals surface area contributed by atoms with Gasteiger partial charge in [0, 0.05) is 32.7 Å². The third kappa shape index (κ3) is 17.6. The van der Waals surface area contributed by atoms with Crippen LogP contribution in [-0.4, -0.2) is 18.5 Å². The van der Waals surface area contributed by atoms with Gasteiger partial charge in [-0.05, 0) is 13.6 Å². The van der Waals surface area contributed by atoms with Crippen molar-refractivity contribution in [1.29, 1.82) is 0 Å². The minimum Gasteiger partial charge on any atom is -0.459 e. The molecule has 2 heteroatoms. The number of hydrogen-bond donors (Lipinski definition) is 0. The number of hydrogen-bond acceptors (Lipinski definition) is 1. The molecule has 0 aliphatic carbocycles. The Hall–Kier alpha value is 1.06. The van der Waals surface area contributed by atoms with E-state index in [9.17, 15) is 0 Å². The molecule has 0 aliphatic heterocycles. The van der Waals surface area contributed by atoms with Crippen LogP contribution in [0.25, 0.3) is 0 Å². The van der Waals surface area contributed by atoms with E-state index in [0.717, 1.165) is 6.54 Å². The van der Waals surface area contributed by atoms with Gasteiger partial charge in [0.05, 0.1) is 0 Å². The zero-order valence-corrected chi connectivity index (χ0v) is 10.1. The van der Waals surface area contributed by atoms with Gasteiger partial charge in [-0.2, -0.15) is 6.92 Å². The van der Waals surface area contributed by atoms with Gasteiger partial charge in [0.15, 0.2) is 0 Å². The van der Waals surface area contributed by atoms with Crippen LogP contribution in [0.3, 0.4) is 0 Å². The summed E-state index contributed by atoms with van der Waals surface area (Å²) in [6, 6.07) is 0. The standard InChI is InChI=1S/C5H12N.C2H6.Y/c1-4-6(3)5-2;1-2;/h4H,5H2,1-3H3;1-2H3;/q-1;;. The topological polar surface area (TPSA) is 3.24 Å². The maximum atomic E-state index is 2.12. The molecule has 1 nitrogen and oxygen atoms in total. The van der Waals surface area contributed by atoms with Gasteiger partial charge >= 0.3 is 0 Å². The van der Waals surface area contributed by atoms with Crippen LogP contribution in [0.5, 0.6) is 0 Å². The Labute approximate surface area is 85.1 Å². The predicted octanol–water partition coefficient (Wildman–Crippen LogP) is 2.14. The smallest absolute Gasteiger partial charge is 0 e. The third-order valence-electron chi connectivity index (χ3n) is 0.940. The van der Waals surface area contributed by atoms with Crippen molar-refractivity contribution in [3.63, 3.8) is 0 Å². The van der Waals surface area contributed by atoms with Crippen molar-refractivity contribution in [2.24, 2.45) is 0 Å². The Kier molecular flexibility index (Phi) is 29.5. The van der Waals surface area contributed by atoms with Gasteiger partial charge in [-0.15, -0.1) is 0 Å². The summed E-state index contributed by atoms with van der Waals surface area (Å²) in [4.78, 5) is 2.12. The van der Waals surface area contributed by atoms with Crippen molar-refractivity contribution in [1.82, 2.24) is 4.90 Å². The van der Waals surface area contributed by atoms with Crippen LogP contribution in [0.15, 0.2) is 0 Å². The van der Waals surface area contributed by atoms with Crippen LogP contribution in [0, 0.1) is 6.54 Å². The first-order chi connectivity index (χ1) is 3.81. The van der Waals surface area contributed by atoms with E-state index < -0.39 is 0 Å². The summed E-state index contributed by atoms with van der Waals surface area (Å²) >= 11 is 0. The molecule has 0 fully saturated rings. The van der Waals surface area contributed by atoms with E-state index in [0.29, 0.717) is 0 Å². The monoisotopic (exact) mass is 205 g/mol. The van der Waals surface area contributed by atoms with E-state index >= 15 is 0 Å². The summed E-state index contributed by atoms with van der Waals surface area (Å²) in [6.45, 7) is 11.3. The average Bonchev–Trinajstić information content (AvgIpc) is 1.91. The fourth-order valence-electron chi connectivity index (χ4n) is 0.183. The molecular formula is C7H18NY-. The van der Waals surface area contributed by atoms with Gasteiger partial charge in [-0.1, -0.05) is 20.8 Å². The molecule has 0 aromatic carbocycles. The van der Waals surface area contributed by atoms with Crippen LogP contribution in [0.4, 0.5) is 0 Å². The van der Waals surface area contributed by atoms with Crippen LogP contribution in [0.1, 0.15) is 27.7 Å². The first-order valence-electron chi connectivity index (χ1n) is 3.31. The van der Waals surface area contributed by atoms with Crippen molar-refractivity contribution in [3.05, 3.63) is 6.54 Å².